The number of aliphatic imine (C=N–C) groups is 1. The van der Waals surface area contributed by atoms with Gasteiger partial charge in [0.2, 0.25) is 0 Å². The Morgan fingerprint density at radius 2 is 1.91 bits per heavy atom. The van der Waals surface area contributed by atoms with Crippen LogP contribution in [0.25, 0.3) is 0 Å². The van der Waals surface area contributed by atoms with E-state index in [4.69, 9.17) is 11.6 Å². The molecule has 1 aromatic carbocycles. The highest BCUT2D eigenvalue weighted by Gasteiger charge is 2.30. The fourth-order valence-electron chi connectivity index (χ4n) is 2.82. The highest BCUT2D eigenvalue weighted by Crippen LogP contribution is 2.29. The van der Waals surface area contributed by atoms with Gasteiger partial charge in [-0.2, -0.15) is 0 Å². The number of halogens is 2. The lowest BCUT2D eigenvalue weighted by atomic mass is 10.0. The van der Waals surface area contributed by atoms with Gasteiger partial charge < -0.3 is 15.3 Å². The van der Waals surface area contributed by atoms with Crippen LogP contribution < -0.4 is 5.32 Å². The van der Waals surface area contributed by atoms with Crippen molar-refractivity contribution in [2.75, 3.05) is 20.1 Å². The van der Waals surface area contributed by atoms with Crippen LogP contribution in [0.5, 0.6) is 0 Å². The van der Waals surface area contributed by atoms with Gasteiger partial charge in [0.05, 0.1) is 12.1 Å². The number of rotatable bonds is 5. The number of guanidine groups is 1. The Labute approximate surface area is 161 Å². The van der Waals surface area contributed by atoms with Crippen LogP contribution in [0.2, 0.25) is 5.02 Å². The first-order chi connectivity index (χ1) is 10.5. The van der Waals surface area contributed by atoms with Crippen molar-refractivity contribution in [1.82, 2.24) is 10.2 Å². The summed E-state index contributed by atoms with van der Waals surface area (Å²) in [6, 6.07) is 7.84. The third kappa shape index (κ3) is 6.47. The second-order valence-electron chi connectivity index (χ2n) is 6.08. The van der Waals surface area contributed by atoms with Gasteiger partial charge in [-0.25, -0.2) is 0 Å². The number of aliphatic hydroxyl groups is 1. The van der Waals surface area contributed by atoms with Crippen molar-refractivity contribution in [2.45, 2.75) is 44.8 Å². The zero-order chi connectivity index (χ0) is 16.0. The maximum atomic E-state index is 10.4. The minimum absolute atomic E-state index is 0. The number of nitrogens with zero attached hydrogens (tertiary/aromatic N) is 2. The van der Waals surface area contributed by atoms with E-state index in [-0.39, 0.29) is 24.0 Å². The summed E-state index contributed by atoms with van der Waals surface area (Å²) in [6.45, 7) is 4.08. The highest BCUT2D eigenvalue weighted by atomic mass is 127. The average molecular weight is 452 g/mol. The number of hydrogen-bond acceptors (Lipinski definition) is 2. The predicted molar refractivity (Wildman–Crippen MR) is 108 cm³/mol. The minimum Gasteiger partial charge on any atom is -0.388 e. The van der Waals surface area contributed by atoms with Crippen LogP contribution in [0.15, 0.2) is 29.3 Å². The molecule has 1 aliphatic carbocycles. The Hall–Kier alpha value is -0.530. The smallest absolute Gasteiger partial charge is 0.194 e. The summed E-state index contributed by atoms with van der Waals surface area (Å²) in [4.78, 5) is 6.71. The van der Waals surface area contributed by atoms with Crippen molar-refractivity contribution in [3.8, 4) is 0 Å². The Kier molecular flexibility index (Phi) is 8.64. The molecule has 4 nitrogen and oxygen atoms in total. The van der Waals surface area contributed by atoms with Crippen LogP contribution in [0.3, 0.4) is 0 Å². The molecule has 0 spiro atoms. The van der Waals surface area contributed by atoms with Crippen molar-refractivity contribution in [1.29, 1.82) is 0 Å². The standard InChI is InChI=1S/C17H26ClN3O.HI/c1-3-19-16(20-13-17(22)10-4-5-11-17)21(2)12-14-6-8-15(18)9-7-14;/h6-9,22H,3-5,10-13H2,1-2H3,(H,19,20);1H. The zero-order valence-electron chi connectivity index (χ0n) is 13.9. The summed E-state index contributed by atoms with van der Waals surface area (Å²) in [5.74, 6) is 0.831. The first kappa shape index (κ1) is 20.5. The van der Waals surface area contributed by atoms with Crippen molar-refractivity contribution in [3.05, 3.63) is 34.9 Å². The van der Waals surface area contributed by atoms with Crippen molar-refractivity contribution >= 4 is 41.5 Å². The molecule has 1 aliphatic rings. The molecular formula is C17H27ClIN3O. The molecule has 1 fully saturated rings. The van der Waals surface area contributed by atoms with E-state index in [1.807, 2.05) is 31.3 Å². The lowest BCUT2D eigenvalue weighted by molar-refractivity contribution is 0.0572. The maximum Gasteiger partial charge on any atom is 0.194 e. The molecule has 0 amide bonds. The van der Waals surface area contributed by atoms with E-state index in [0.717, 1.165) is 49.8 Å². The quantitative estimate of drug-likeness (QED) is 0.408. The summed E-state index contributed by atoms with van der Waals surface area (Å²) in [5.41, 5.74) is 0.569. The molecule has 0 aliphatic heterocycles. The molecule has 0 aromatic heterocycles. The van der Waals surface area contributed by atoms with Gasteiger partial charge in [-0.1, -0.05) is 36.6 Å². The largest absolute Gasteiger partial charge is 0.388 e. The predicted octanol–water partition coefficient (Wildman–Crippen LogP) is 3.66. The van der Waals surface area contributed by atoms with Gasteiger partial charge in [-0.3, -0.25) is 4.99 Å². The molecule has 23 heavy (non-hydrogen) atoms. The van der Waals surface area contributed by atoms with Crippen LogP contribution in [0.1, 0.15) is 38.2 Å². The molecular weight excluding hydrogens is 425 g/mol. The summed E-state index contributed by atoms with van der Waals surface area (Å²) >= 11 is 5.92. The van der Waals surface area contributed by atoms with Gasteiger partial charge in [0.1, 0.15) is 0 Å². The van der Waals surface area contributed by atoms with E-state index in [0.29, 0.717) is 6.54 Å². The summed E-state index contributed by atoms with van der Waals surface area (Å²) in [7, 11) is 2.01. The van der Waals surface area contributed by atoms with Crippen LogP contribution >= 0.6 is 35.6 Å². The van der Waals surface area contributed by atoms with Crippen LogP contribution in [0, 0.1) is 0 Å². The third-order valence-corrected chi connectivity index (χ3v) is 4.34. The van der Waals surface area contributed by atoms with Gasteiger partial charge in [0.25, 0.3) is 0 Å². The topological polar surface area (TPSA) is 47.9 Å². The molecule has 0 saturated heterocycles. The van der Waals surface area contributed by atoms with Crippen molar-refractivity contribution < 1.29 is 5.11 Å². The van der Waals surface area contributed by atoms with Crippen molar-refractivity contribution in [3.63, 3.8) is 0 Å². The summed E-state index contributed by atoms with van der Waals surface area (Å²) in [6.07, 6.45) is 3.92. The van der Waals surface area contributed by atoms with E-state index in [2.05, 4.69) is 22.1 Å². The first-order valence-corrected chi connectivity index (χ1v) is 8.36. The Morgan fingerprint density at radius 1 is 1.30 bits per heavy atom. The molecule has 0 unspecified atom stereocenters. The second kappa shape index (κ2) is 9.69. The van der Waals surface area contributed by atoms with E-state index < -0.39 is 5.60 Å². The van der Waals surface area contributed by atoms with Crippen LogP contribution in [-0.2, 0) is 6.54 Å². The molecule has 1 aromatic rings. The fourth-order valence-corrected chi connectivity index (χ4v) is 2.95. The number of nitrogens with one attached hydrogen (secondary N) is 1. The van der Waals surface area contributed by atoms with E-state index >= 15 is 0 Å². The van der Waals surface area contributed by atoms with Crippen LogP contribution in [0.4, 0.5) is 0 Å². The van der Waals surface area contributed by atoms with Crippen LogP contribution in [-0.4, -0.2) is 41.7 Å². The molecule has 0 atom stereocenters. The fraction of sp³-hybridized carbons (Fsp3) is 0.588. The molecule has 0 radical (unpaired) electrons. The van der Waals surface area contributed by atoms with E-state index in [1.54, 1.807) is 0 Å². The average Bonchev–Trinajstić information content (AvgIpc) is 2.93. The monoisotopic (exact) mass is 451 g/mol. The third-order valence-electron chi connectivity index (χ3n) is 4.09. The molecule has 1 saturated carbocycles. The van der Waals surface area contributed by atoms with Gasteiger partial charge in [0, 0.05) is 25.2 Å². The van der Waals surface area contributed by atoms with Gasteiger partial charge in [-0.15, -0.1) is 24.0 Å². The Morgan fingerprint density at radius 3 is 2.48 bits per heavy atom. The van der Waals surface area contributed by atoms with E-state index in [9.17, 15) is 5.11 Å². The molecule has 2 N–H and O–H groups in total. The molecule has 6 heteroatoms. The lowest BCUT2D eigenvalue weighted by Gasteiger charge is -2.25. The van der Waals surface area contributed by atoms with Gasteiger partial charge >= 0.3 is 0 Å². The van der Waals surface area contributed by atoms with E-state index in [1.165, 1.54) is 5.56 Å². The molecule has 130 valence electrons. The highest BCUT2D eigenvalue weighted by molar-refractivity contribution is 14.0. The molecule has 0 heterocycles. The van der Waals surface area contributed by atoms with Gasteiger partial charge in [0.15, 0.2) is 5.96 Å². The number of hydrogen-bond donors (Lipinski definition) is 2. The normalized spacial score (nSPS) is 16.8. The first-order valence-electron chi connectivity index (χ1n) is 7.99. The molecule has 0 bridgehead atoms. The Bertz CT molecular complexity index is 501. The number of benzene rings is 1. The lowest BCUT2D eigenvalue weighted by Crippen LogP contribution is -2.40. The minimum atomic E-state index is -0.609. The Balaban J connectivity index is 0.00000264. The summed E-state index contributed by atoms with van der Waals surface area (Å²) < 4.78 is 0. The zero-order valence-corrected chi connectivity index (χ0v) is 17.0. The van der Waals surface area contributed by atoms with Crippen molar-refractivity contribution in [2.24, 2.45) is 4.99 Å². The van der Waals surface area contributed by atoms with Gasteiger partial charge in [-0.05, 0) is 37.5 Å². The summed E-state index contributed by atoms with van der Waals surface area (Å²) in [5, 5.41) is 14.5. The SMILES string of the molecule is CCNC(=NCC1(O)CCCC1)N(C)Cc1ccc(Cl)cc1.I. The maximum absolute atomic E-state index is 10.4. The molecule has 2 rings (SSSR count). The second-order valence-corrected chi connectivity index (χ2v) is 6.52.